The van der Waals surface area contributed by atoms with E-state index in [0.717, 1.165) is 19.3 Å². The zero-order valence-corrected chi connectivity index (χ0v) is 18.3. The molecule has 2 aromatic carbocycles. The maximum Gasteiger partial charge on any atom is 0.323 e. The van der Waals surface area contributed by atoms with Gasteiger partial charge in [-0.15, -0.1) is 0 Å². The monoisotopic (exact) mass is 454 g/mol. The molecule has 8 nitrogen and oxygen atoms in total. The van der Waals surface area contributed by atoms with Crippen LogP contribution in [0.4, 0.5) is 16.2 Å². The third kappa shape index (κ3) is 4.60. The van der Waals surface area contributed by atoms with Gasteiger partial charge in [-0.25, -0.2) is 4.79 Å². The minimum absolute atomic E-state index is 0.294. The van der Waals surface area contributed by atoms with E-state index in [1.54, 1.807) is 48.5 Å². The lowest BCUT2D eigenvalue weighted by Gasteiger charge is -2.30. The molecule has 1 fully saturated rings. The normalized spacial score (nSPS) is 15.1. The van der Waals surface area contributed by atoms with Crippen molar-refractivity contribution in [1.82, 2.24) is 10.1 Å². The van der Waals surface area contributed by atoms with Crippen molar-refractivity contribution < 1.29 is 18.8 Å². The summed E-state index contributed by atoms with van der Waals surface area (Å²) in [5.74, 6) is 0.337. The number of nitrogens with one attached hydrogen (secondary N) is 2. The molecule has 2 N–H and O–H groups in total. The van der Waals surface area contributed by atoms with Crippen LogP contribution in [-0.4, -0.2) is 29.3 Å². The molecule has 0 saturated heterocycles. The Kier molecular flexibility index (Phi) is 6.41. The number of urea groups is 1. The van der Waals surface area contributed by atoms with Crippen molar-refractivity contribution >= 4 is 35.0 Å². The lowest BCUT2D eigenvalue weighted by Crippen LogP contribution is -2.39. The van der Waals surface area contributed by atoms with E-state index >= 15 is 0 Å². The number of esters is 1. The van der Waals surface area contributed by atoms with Crippen molar-refractivity contribution in [2.75, 3.05) is 17.7 Å². The standard InChI is InChI=1S/C23H23ClN4O4/c1-31-21(29)23(12-3-2-4-13-23)20-27-19(28-32-20)15-8-10-17(11-9-15)25-22(30)26-18-7-5-6-16(24)14-18/h5-11,14H,2-4,12-13H2,1H3,(H2,25,26,30). The van der Waals surface area contributed by atoms with Crippen LogP contribution in [0.3, 0.4) is 0 Å². The van der Waals surface area contributed by atoms with Crippen LogP contribution in [-0.2, 0) is 14.9 Å². The first-order valence-corrected chi connectivity index (χ1v) is 10.7. The van der Waals surface area contributed by atoms with Crippen molar-refractivity contribution in [1.29, 1.82) is 0 Å². The summed E-state index contributed by atoms with van der Waals surface area (Å²) in [6.07, 6.45) is 4.14. The molecule has 0 unspecified atom stereocenters. The predicted molar refractivity (Wildman–Crippen MR) is 121 cm³/mol. The molecule has 9 heteroatoms. The molecule has 1 aliphatic rings. The zero-order chi connectivity index (χ0) is 22.6. The number of carbonyl (C=O) groups is 2. The van der Waals surface area contributed by atoms with Gasteiger partial charge in [-0.05, 0) is 55.3 Å². The first-order valence-electron chi connectivity index (χ1n) is 10.4. The van der Waals surface area contributed by atoms with Crippen molar-refractivity contribution in [3.05, 3.63) is 59.4 Å². The summed E-state index contributed by atoms with van der Waals surface area (Å²) in [7, 11) is 1.38. The maximum absolute atomic E-state index is 12.5. The minimum Gasteiger partial charge on any atom is -0.468 e. The quantitative estimate of drug-likeness (QED) is 0.499. The zero-order valence-electron chi connectivity index (χ0n) is 17.6. The van der Waals surface area contributed by atoms with Gasteiger partial charge in [0.25, 0.3) is 0 Å². The summed E-state index contributed by atoms with van der Waals surface area (Å²) >= 11 is 5.93. The number of hydrogen-bond donors (Lipinski definition) is 2. The van der Waals surface area contributed by atoms with E-state index in [1.807, 2.05) is 0 Å². The van der Waals surface area contributed by atoms with Gasteiger partial charge in [-0.3, -0.25) is 4.79 Å². The van der Waals surface area contributed by atoms with E-state index in [4.69, 9.17) is 20.9 Å². The van der Waals surface area contributed by atoms with Gasteiger partial charge in [0, 0.05) is 22.0 Å². The Morgan fingerprint density at radius 1 is 1.03 bits per heavy atom. The molecule has 1 saturated carbocycles. The van der Waals surface area contributed by atoms with Crippen molar-refractivity contribution in [3.63, 3.8) is 0 Å². The third-order valence-electron chi connectivity index (χ3n) is 5.60. The van der Waals surface area contributed by atoms with Gasteiger partial charge >= 0.3 is 12.0 Å². The number of anilines is 2. The Hall–Kier alpha value is -3.39. The molecule has 1 heterocycles. The fourth-order valence-corrected chi connectivity index (χ4v) is 4.14. The Morgan fingerprint density at radius 2 is 1.75 bits per heavy atom. The predicted octanol–water partition coefficient (Wildman–Crippen LogP) is 5.41. The van der Waals surface area contributed by atoms with Crippen LogP contribution in [0, 0.1) is 0 Å². The van der Waals surface area contributed by atoms with Gasteiger partial charge in [0.2, 0.25) is 11.7 Å². The molecule has 0 spiro atoms. The topological polar surface area (TPSA) is 106 Å². The molecule has 4 rings (SSSR count). The summed E-state index contributed by atoms with van der Waals surface area (Å²) in [6.45, 7) is 0. The summed E-state index contributed by atoms with van der Waals surface area (Å²) < 4.78 is 10.5. The van der Waals surface area contributed by atoms with Crippen LogP contribution in [0.1, 0.15) is 38.0 Å². The van der Waals surface area contributed by atoms with Crippen molar-refractivity contribution in [2.45, 2.75) is 37.5 Å². The fourth-order valence-electron chi connectivity index (χ4n) is 3.95. The second-order valence-electron chi connectivity index (χ2n) is 7.72. The molecule has 0 aliphatic heterocycles. The third-order valence-corrected chi connectivity index (χ3v) is 5.84. The summed E-state index contributed by atoms with van der Waals surface area (Å²) in [4.78, 5) is 29.2. The van der Waals surface area contributed by atoms with Gasteiger partial charge in [0.15, 0.2) is 0 Å². The average Bonchev–Trinajstić information content (AvgIpc) is 3.30. The van der Waals surface area contributed by atoms with Crippen molar-refractivity contribution in [2.24, 2.45) is 0 Å². The smallest absolute Gasteiger partial charge is 0.323 e. The largest absolute Gasteiger partial charge is 0.468 e. The van der Waals surface area contributed by atoms with Gasteiger partial charge < -0.3 is 19.9 Å². The molecule has 1 aliphatic carbocycles. The molecule has 0 radical (unpaired) electrons. The van der Waals surface area contributed by atoms with E-state index < -0.39 is 5.41 Å². The summed E-state index contributed by atoms with van der Waals surface area (Å²) in [5.41, 5.74) is 1.01. The number of ether oxygens (including phenoxy) is 1. The molecule has 2 amide bonds. The minimum atomic E-state index is -0.877. The molecular formula is C23H23ClN4O4. The van der Waals surface area contributed by atoms with Crippen LogP contribution < -0.4 is 10.6 Å². The van der Waals surface area contributed by atoms with Gasteiger partial charge in [-0.2, -0.15) is 4.98 Å². The first-order chi connectivity index (χ1) is 15.5. The Balaban J connectivity index is 1.46. The Bertz CT molecular complexity index is 1110. The average molecular weight is 455 g/mol. The molecular weight excluding hydrogens is 432 g/mol. The first kappa shape index (κ1) is 21.8. The van der Waals surface area contributed by atoms with E-state index in [9.17, 15) is 9.59 Å². The fraction of sp³-hybridized carbons (Fsp3) is 0.304. The Labute approximate surface area is 190 Å². The van der Waals surface area contributed by atoms with Crippen LogP contribution in [0.2, 0.25) is 5.02 Å². The van der Waals surface area contributed by atoms with Crippen molar-refractivity contribution in [3.8, 4) is 11.4 Å². The molecule has 3 aromatic rings. The maximum atomic E-state index is 12.5. The van der Waals surface area contributed by atoms with Gasteiger partial charge in [0.05, 0.1) is 7.11 Å². The number of hydrogen-bond acceptors (Lipinski definition) is 6. The Morgan fingerprint density at radius 3 is 2.44 bits per heavy atom. The number of rotatable bonds is 5. The number of benzene rings is 2. The number of amides is 2. The molecule has 32 heavy (non-hydrogen) atoms. The highest BCUT2D eigenvalue weighted by atomic mass is 35.5. The second-order valence-corrected chi connectivity index (χ2v) is 8.16. The van der Waals surface area contributed by atoms with Gasteiger partial charge in [0.1, 0.15) is 5.41 Å². The van der Waals surface area contributed by atoms with E-state index in [0.29, 0.717) is 46.5 Å². The second kappa shape index (κ2) is 9.40. The molecule has 0 bridgehead atoms. The number of carbonyl (C=O) groups excluding carboxylic acids is 2. The van der Waals surface area contributed by atoms with Crippen LogP contribution in [0.5, 0.6) is 0 Å². The highest BCUT2D eigenvalue weighted by Gasteiger charge is 2.47. The van der Waals surface area contributed by atoms with Crippen LogP contribution >= 0.6 is 11.6 Å². The number of nitrogens with zero attached hydrogens (tertiary/aromatic N) is 2. The van der Waals surface area contributed by atoms with Gasteiger partial charge in [-0.1, -0.05) is 42.1 Å². The molecule has 166 valence electrons. The summed E-state index contributed by atoms with van der Waals surface area (Å²) in [6, 6.07) is 13.5. The summed E-state index contributed by atoms with van der Waals surface area (Å²) in [5, 5.41) is 10.1. The molecule has 0 atom stereocenters. The van der Waals surface area contributed by atoms with E-state index in [2.05, 4.69) is 20.8 Å². The van der Waals surface area contributed by atoms with E-state index in [-0.39, 0.29) is 12.0 Å². The number of aromatic nitrogens is 2. The SMILES string of the molecule is COC(=O)C1(c2nc(-c3ccc(NC(=O)Nc4cccc(Cl)c4)cc3)no2)CCCCC1. The van der Waals surface area contributed by atoms with Crippen LogP contribution in [0.15, 0.2) is 53.1 Å². The lowest BCUT2D eigenvalue weighted by atomic mass is 9.74. The van der Waals surface area contributed by atoms with Crippen LogP contribution in [0.25, 0.3) is 11.4 Å². The number of methoxy groups -OCH3 is 1. The highest BCUT2D eigenvalue weighted by molar-refractivity contribution is 6.30. The lowest BCUT2D eigenvalue weighted by molar-refractivity contribution is -0.150. The highest BCUT2D eigenvalue weighted by Crippen LogP contribution is 2.40. The molecule has 1 aromatic heterocycles. The number of halogens is 1. The van der Waals surface area contributed by atoms with E-state index in [1.165, 1.54) is 7.11 Å².